The molecule has 0 aliphatic heterocycles. The SMILES string of the molecule is CN(Cc1ccccc1)[C@H]1CCC[C@H]1S(C)(=O)=O. The van der Waals surface area contributed by atoms with E-state index in [4.69, 9.17) is 0 Å². The fourth-order valence-electron chi connectivity index (χ4n) is 2.90. The summed E-state index contributed by atoms with van der Waals surface area (Å²) in [5.41, 5.74) is 1.24. The van der Waals surface area contributed by atoms with Gasteiger partial charge in [-0.15, -0.1) is 0 Å². The molecule has 2 rings (SSSR count). The Labute approximate surface area is 110 Å². The molecule has 0 aromatic heterocycles. The van der Waals surface area contributed by atoms with Crippen LogP contribution in [0.2, 0.25) is 0 Å². The van der Waals surface area contributed by atoms with Crippen molar-refractivity contribution in [3.8, 4) is 0 Å². The lowest BCUT2D eigenvalue weighted by Crippen LogP contribution is -2.40. The van der Waals surface area contributed by atoms with Crippen LogP contribution in [0, 0.1) is 0 Å². The van der Waals surface area contributed by atoms with Crippen LogP contribution in [0.5, 0.6) is 0 Å². The first-order valence-corrected chi connectivity index (χ1v) is 8.37. The number of sulfone groups is 1. The summed E-state index contributed by atoms with van der Waals surface area (Å²) in [6.07, 6.45) is 4.18. The van der Waals surface area contributed by atoms with Crippen molar-refractivity contribution >= 4 is 9.84 Å². The van der Waals surface area contributed by atoms with Crippen molar-refractivity contribution in [2.75, 3.05) is 13.3 Å². The summed E-state index contributed by atoms with van der Waals surface area (Å²) in [4.78, 5) is 2.19. The van der Waals surface area contributed by atoms with Crippen molar-refractivity contribution in [2.24, 2.45) is 0 Å². The van der Waals surface area contributed by atoms with Gasteiger partial charge in [-0.3, -0.25) is 4.90 Å². The van der Waals surface area contributed by atoms with Gasteiger partial charge in [-0.25, -0.2) is 8.42 Å². The van der Waals surface area contributed by atoms with Crippen molar-refractivity contribution < 1.29 is 8.42 Å². The third-order valence-electron chi connectivity index (χ3n) is 3.81. The van der Waals surface area contributed by atoms with E-state index in [1.54, 1.807) is 0 Å². The Bertz CT molecular complexity index is 484. The molecule has 0 unspecified atom stereocenters. The fraction of sp³-hybridized carbons (Fsp3) is 0.571. The summed E-state index contributed by atoms with van der Waals surface area (Å²) >= 11 is 0. The van der Waals surface area contributed by atoms with Gasteiger partial charge in [0, 0.05) is 18.8 Å². The van der Waals surface area contributed by atoms with Crippen molar-refractivity contribution in [1.82, 2.24) is 4.90 Å². The number of hydrogen-bond donors (Lipinski definition) is 0. The second-order valence-electron chi connectivity index (χ2n) is 5.27. The summed E-state index contributed by atoms with van der Waals surface area (Å²) in [7, 11) is -0.902. The molecule has 0 saturated heterocycles. The zero-order valence-electron chi connectivity index (χ0n) is 11.0. The maximum absolute atomic E-state index is 11.8. The molecule has 1 aromatic carbocycles. The van der Waals surface area contributed by atoms with Crippen LogP contribution >= 0.6 is 0 Å². The predicted molar refractivity (Wildman–Crippen MR) is 74.2 cm³/mol. The molecule has 0 N–H and O–H groups in total. The number of hydrogen-bond acceptors (Lipinski definition) is 3. The Kier molecular flexibility index (Phi) is 4.07. The van der Waals surface area contributed by atoms with Gasteiger partial charge < -0.3 is 0 Å². The smallest absolute Gasteiger partial charge is 0.151 e. The summed E-state index contributed by atoms with van der Waals surface area (Å²) in [6, 6.07) is 10.4. The van der Waals surface area contributed by atoms with E-state index >= 15 is 0 Å². The molecule has 1 fully saturated rings. The van der Waals surface area contributed by atoms with Gasteiger partial charge in [-0.2, -0.15) is 0 Å². The highest BCUT2D eigenvalue weighted by Gasteiger charge is 2.36. The molecular formula is C14H21NO2S. The Morgan fingerprint density at radius 2 is 1.89 bits per heavy atom. The van der Waals surface area contributed by atoms with Gasteiger partial charge in [0.15, 0.2) is 9.84 Å². The second kappa shape index (κ2) is 5.41. The molecule has 100 valence electrons. The van der Waals surface area contributed by atoms with Gasteiger partial charge in [0.25, 0.3) is 0 Å². The molecule has 0 amide bonds. The first kappa shape index (κ1) is 13.6. The zero-order chi connectivity index (χ0) is 13.2. The van der Waals surface area contributed by atoms with Gasteiger partial charge in [0.1, 0.15) is 0 Å². The van der Waals surface area contributed by atoms with Gasteiger partial charge in [-0.05, 0) is 25.5 Å². The normalized spacial score (nSPS) is 24.6. The zero-order valence-corrected chi connectivity index (χ0v) is 11.9. The molecule has 2 atom stereocenters. The van der Waals surface area contributed by atoms with E-state index in [1.807, 2.05) is 25.2 Å². The van der Waals surface area contributed by atoms with Crippen LogP contribution < -0.4 is 0 Å². The van der Waals surface area contributed by atoms with Gasteiger partial charge in [-0.1, -0.05) is 36.8 Å². The number of benzene rings is 1. The highest BCUT2D eigenvalue weighted by molar-refractivity contribution is 7.91. The van der Waals surface area contributed by atoms with Crippen LogP contribution in [0.25, 0.3) is 0 Å². The van der Waals surface area contributed by atoms with Crippen LogP contribution in [0.4, 0.5) is 0 Å². The molecule has 1 aliphatic carbocycles. The third kappa shape index (κ3) is 3.12. The van der Waals surface area contributed by atoms with Crippen LogP contribution in [0.1, 0.15) is 24.8 Å². The van der Waals surface area contributed by atoms with E-state index in [-0.39, 0.29) is 11.3 Å². The molecule has 4 heteroatoms. The van der Waals surface area contributed by atoms with Crippen molar-refractivity contribution in [1.29, 1.82) is 0 Å². The van der Waals surface area contributed by atoms with E-state index < -0.39 is 9.84 Å². The molecule has 0 radical (unpaired) electrons. The molecule has 1 aliphatic rings. The lowest BCUT2D eigenvalue weighted by atomic mass is 10.1. The lowest BCUT2D eigenvalue weighted by Gasteiger charge is -2.28. The van der Waals surface area contributed by atoms with E-state index in [9.17, 15) is 8.42 Å². The van der Waals surface area contributed by atoms with Crippen molar-refractivity contribution in [3.05, 3.63) is 35.9 Å². The quantitative estimate of drug-likeness (QED) is 0.838. The molecule has 0 spiro atoms. The third-order valence-corrected chi connectivity index (χ3v) is 5.46. The van der Waals surface area contributed by atoms with Crippen molar-refractivity contribution in [2.45, 2.75) is 37.1 Å². The van der Waals surface area contributed by atoms with Crippen LogP contribution in [0.3, 0.4) is 0 Å². The largest absolute Gasteiger partial charge is 0.298 e. The maximum Gasteiger partial charge on any atom is 0.151 e. The molecule has 1 aromatic rings. The predicted octanol–water partition coefficient (Wildman–Crippen LogP) is 2.08. The maximum atomic E-state index is 11.8. The number of rotatable bonds is 4. The van der Waals surface area contributed by atoms with Crippen molar-refractivity contribution in [3.63, 3.8) is 0 Å². The average molecular weight is 267 g/mol. The van der Waals surface area contributed by atoms with E-state index in [2.05, 4.69) is 17.0 Å². The summed E-state index contributed by atoms with van der Waals surface area (Å²) in [5, 5.41) is -0.189. The minimum absolute atomic E-state index is 0.167. The Morgan fingerprint density at radius 3 is 2.50 bits per heavy atom. The molecule has 18 heavy (non-hydrogen) atoms. The Morgan fingerprint density at radius 1 is 1.22 bits per heavy atom. The number of nitrogens with zero attached hydrogens (tertiary/aromatic N) is 1. The second-order valence-corrected chi connectivity index (χ2v) is 7.53. The summed E-state index contributed by atoms with van der Waals surface area (Å²) < 4.78 is 23.5. The molecule has 3 nitrogen and oxygen atoms in total. The van der Waals surface area contributed by atoms with Gasteiger partial charge in [0.2, 0.25) is 0 Å². The van der Waals surface area contributed by atoms with E-state index in [1.165, 1.54) is 11.8 Å². The lowest BCUT2D eigenvalue weighted by molar-refractivity contribution is 0.238. The van der Waals surface area contributed by atoms with E-state index in [0.717, 1.165) is 25.8 Å². The standard InChI is InChI=1S/C14H21NO2S/c1-15(11-12-7-4-3-5-8-12)13-9-6-10-14(13)18(2,16)17/h3-5,7-8,13-14H,6,9-11H2,1-2H3/t13-,14+/m0/s1. The fourth-order valence-corrected chi connectivity index (χ4v) is 4.41. The Hall–Kier alpha value is -0.870. The van der Waals surface area contributed by atoms with Crippen LogP contribution in [-0.2, 0) is 16.4 Å². The minimum Gasteiger partial charge on any atom is -0.298 e. The highest BCUT2D eigenvalue weighted by Crippen LogP contribution is 2.29. The van der Waals surface area contributed by atoms with E-state index in [0.29, 0.717) is 0 Å². The van der Waals surface area contributed by atoms with Gasteiger partial charge in [0.05, 0.1) is 5.25 Å². The average Bonchev–Trinajstić information content (AvgIpc) is 2.79. The first-order valence-electron chi connectivity index (χ1n) is 6.41. The molecule has 0 bridgehead atoms. The van der Waals surface area contributed by atoms with Gasteiger partial charge >= 0.3 is 0 Å². The topological polar surface area (TPSA) is 37.4 Å². The first-order chi connectivity index (χ1) is 8.48. The minimum atomic E-state index is -2.93. The highest BCUT2D eigenvalue weighted by atomic mass is 32.2. The summed E-state index contributed by atoms with van der Waals surface area (Å²) in [5.74, 6) is 0. The molecule has 0 heterocycles. The summed E-state index contributed by atoms with van der Waals surface area (Å²) in [6.45, 7) is 0.817. The molecular weight excluding hydrogens is 246 g/mol. The van der Waals surface area contributed by atoms with Crippen LogP contribution in [0.15, 0.2) is 30.3 Å². The molecule has 1 saturated carbocycles. The Balaban J connectivity index is 2.07. The van der Waals surface area contributed by atoms with Crippen LogP contribution in [-0.4, -0.2) is 37.9 Å². The monoisotopic (exact) mass is 267 g/mol.